The molecule has 0 spiro atoms. The van der Waals surface area contributed by atoms with Gasteiger partial charge in [0.2, 0.25) is 0 Å². The lowest BCUT2D eigenvalue weighted by atomic mass is 10.1. The highest BCUT2D eigenvalue weighted by molar-refractivity contribution is 6.08. The topological polar surface area (TPSA) is 112 Å². The van der Waals surface area contributed by atoms with E-state index < -0.39 is 12.0 Å². The molecule has 4 N–H and O–H groups in total. The Morgan fingerprint density at radius 3 is 2.47 bits per heavy atom. The molecule has 32 heavy (non-hydrogen) atoms. The van der Waals surface area contributed by atoms with Crippen LogP contribution in [0.25, 0.3) is 0 Å². The van der Waals surface area contributed by atoms with Crippen LogP contribution in [0.3, 0.4) is 0 Å². The van der Waals surface area contributed by atoms with Crippen LogP contribution in [0, 0.1) is 0 Å². The molecule has 0 fully saturated rings. The number of ether oxygens (including phenoxy) is 3. The van der Waals surface area contributed by atoms with E-state index in [9.17, 15) is 9.59 Å². The Labute approximate surface area is 185 Å². The quantitative estimate of drug-likeness (QED) is 0.543. The molecular weight excluding hydrogens is 410 g/mol. The zero-order chi connectivity index (χ0) is 22.3. The largest absolute Gasteiger partial charge is 0.486 e. The van der Waals surface area contributed by atoms with E-state index in [-0.39, 0.29) is 12.2 Å². The van der Waals surface area contributed by atoms with Crippen molar-refractivity contribution in [3.8, 4) is 11.5 Å². The van der Waals surface area contributed by atoms with Gasteiger partial charge in [-0.2, -0.15) is 0 Å². The summed E-state index contributed by atoms with van der Waals surface area (Å²) in [4.78, 5) is 25.3. The number of benzene rings is 3. The Bertz CT molecular complexity index is 1120. The maximum Gasteiger partial charge on any atom is 0.411 e. The smallest absolute Gasteiger partial charge is 0.411 e. The van der Waals surface area contributed by atoms with Crippen molar-refractivity contribution < 1.29 is 23.8 Å². The van der Waals surface area contributed by atoms with Crippen molar-refractivity contribution in [2.24, 2.45) is 5.73 Å². The molecule has 1 heterocycles. The SMILES string of the molecule is NCc1cccc(NC(=O)c2cc(NC(=O)OCc3ccccc3)cc3c2OCCO3)c1. The van der Waals surface area contributed by atoms with Crippen LogP contribution in [-0.4, -0.2) is 25.2 Å². The Kier molecular flexibility index (Phi) is 6.52. The molecule has 0 saturated heterocycles. The van der Waals surface area contributed by atoms with Crippen LogP contribution >= 0.6 is 0 Å². The van der Waals surface area contributed by atoms with Gasteiger partial charge in [0.25, 0.3) is 5.91 Å². The number of hydrogen-bond acceptors (Lipinski definition) is 6. The van der Waals surface area contributed by atoms with Crippen LogP contribution in [0.2, 0.25) is 0 Å². The molecular formula is C24H23N3O5. The summed E-state index contributed by atoms with van der Waals surface area (Å²) in [6.45, 7) is 1.15. The molecule has 0 radical (unpaired) electrons. The average Bonchev–Trinajstić information content (AvgIpc) is 2.83. The van der Waals surface area contributed by atoms with Crippen molar-refractivity contribution in [1.29, 1.82) is 0 Å². The van der Waals surface area contributed by atoms with Crippen LogP contribution < -0.4 is 25.8 Å². The van der Waals surface area contributed by atoms with Gasteiger partial charge in [-0.1, -0.05) is 42.5 Å². The van der Waals surface area contributed by atoms with Crippen LogP contribution in [0.15, 0.2) is 66.7 Å². The van der Waals surface area contributed by atoms with Crippen LogP contribution in [0.4, 0.5) is 16.2 Å². The van der Waals surface area contributed by atoms with Gasteiger partial charge in [-0.15, -0.1) is 0 Å². The number of nitrogens with one attached hydrogen (secondary N) is 2. The van der Waals surface area contributed by atoms with Gasteiger partial charge in [-0.05, 0) is 29.3 Å². The highest BCUT2D eigenvalue weighted by Gasteiger charge is 2.23. The molecule has 3 aromatic carbocycles. The van der Waals surface area contributed by atoms with Gasteiger partial charge in [-0.25, -0.2) is 4.79 Å². The molecule has 4 rings (SSSR count). The van der Waals surface area contributed by atoms with Crippen molar-refractivity contribution >= 4 is 23.4 Å². The zero-order valence-corrected chi connectivity index (χ0v) is 17.3. The number of amides is 2. The zero-order valence-electron chi connectivity index (χ0n) is 17.3. The van der Waals surface area contributed by atoms with Crippen LogP contribution in [-0.2, 0) is 17.9 Å². The summed E-state index contributed by atoms with van der Waals surface area (Å²) in [5.41, 5.74) is 8.62. The number of nitrogens with two attached hydrogens (primary N) is 1. The first-order valence-corrected chi connectivity index (χ1v) is 10.1. The van der Waals surface area contributed by atoms with Gasteiger partial charge >= 0.3 is 6.09 Å². The predicted octanol–water partition coefficient (Wildman–Crippen LogP) is 3.92. The molecule has 0 aliphatic carbocycles. The lowest BCUT2D eigenvalue weighted by molar-refractivity contribution is 0.101. The Hall–Kier alpha value is -4.04. The molecule has 0 aromatic heterocycles. The Morgan fingerprint density at radius 2 is 1.66 bits per heavy atom. The monoisotopic (exact) mass is 433 g/mol. The third kappa shape index (κ3) is 5.16. The Balaban J connectivity index is 1.52. The number of carbonyl (C=O) groups excluding carboxylic acids is 2. The van der Waals surface area contributed by atoms with Crippen LogP contribution in [0.5, 0.6) is 11.5 Å². The number of anilines is 2. The summed E-state index contributed by atoms with van der Waals surface area (Å²) in [6.07, 6.45) is -0.646. The van der Waals surface area contributed by atoms with E-state index in [4.69, 9.17) is 19.9 Å². The van der Waals surface area contributed by atoms with Gasteiger partial charge in [0.15, 0.2) is 11.5 Å². The summed E-state index contributed by atoms with van der Waals surface area (Å²) >= 11 is 0. The number of carbonyl (C=O) groups is 2. The molecule has 3 aromatic rings. The molecule has 0 atom stereocenters. The minimum absolute atomic E-state index is 0.127. The van der Waals surface area contributed by atoms with Crippen molar-refractivity contribution in [3.63, 3.8) is 0 Å². The molecule has 8 nitrogen and oxygen atoms in total. The van der Waals surface area contributed by atoms with Crippen molar-refractivity contribution in [1.82, 2.24) is 0 Å². The minimum Gasteiger partial charge on any atom is -0.486 e. The van der Waals surface area contributed by atoms with Crippen molar-refractivity contribution in [2.75, 3.05) is 23.8 Å². The average molecular weight is 433 g/mol. The first kappa shape index (κ1) is 21.2. The third-order valence-electron chi connectivity index (χ3n) is 4.77. The summed E-state index contributed by atoms with van der Waals surface area (Å²) in [6, 6.07) is 19.7. The maximum atomic E-state index is 13.0. The van der Waals surface area contributed by atoms with E-state index in [1.54, 1.807) is 18.2 Å². The molecule has 8 heteroatoms. The van der Waals surface area contributed by atoms with Crippen molar-refractivity contribution in [2.45, 2.75) is 13.2 Å². The summed E-state index contributed by atoms with van der Waals surface area (Å²) < 4.78 is 16.6. The minimum atomic E-state index is -0.646. The first-order chi connectivity index (χ1) is 15.6. The van der Waals surface area contributed by atoms with E-state index in [2.05, 4.69) is 10.6 Å². The molecule has 0 unspecified atom stereocenters. The lowest BCUT2D eigenvalue weighted by Crippen LogP contribution is -2.21. The molecule has 1 aliphatic rings. The molecule has 2 amide bonds. The maximum absolute atomic E-state index is 13.0. The van der Waals surface area contributed by atoms with E-state index in [0.717, 1.165) is 11.1 Å². The first-order valence-electron chi connectivity index (χ1n) is 10.1. The third-order valence-corrected chi connectivity index (χ3v) is 4.77. The standard InChI is InChI=1S/C24H23N3O5/c25-14-17-7-4-8-18(11-17)26-23(28)20-12-19(13-21-22(20)31-10-9-30-21)27-24(29)32-15-16-5-2-1-3-6-16/h1-8,11-13H,9-10,14-15,25H2,(H,26,28)(H,27,29). The lowest BCUT2D eigenvalue weighted by Gasteiger charge is -2.22. The fraction of sp³-hybridized carbons (Fsp3) is 0.167. The van der Waals surface area contributed by atoms with E-state index in [0.29, 0.717) is 42.6 Å². The molecule has 0 saturated carbocycles. The van der Waals surface area contributed by atoms with Gasteiger partial charge in [0.1, 0.15) is 19.8 Å². The normalized spacial score (nSPS) is 12.0. The van der Waals surface area contributed by atoms with Gasteiger partial charge in [-0.3, -0.25) is 10.1 Å². The second-order valence-corrected chi connectivity index (χ2v) is 7.09. The molecule has 0 bridgehead atoms. The Morgan fingerprint density at radius 1 is 0.875 bits per heavy atom. The van der Waals surface area contributed by atoms with Gasteiger partial charge in [0, 0.05) is 24.0 Å². The van der Waals surface area contributed by atoms with E-state index in [1.807, 2.05) is 42.5 Å². The summed E-state index contributed by atoms with van der Waals surface area (Å²) in [5, 5.41) is 5.48. The second kappa shape index (κ2) is 9.84. The fourth-order valence-electron chi connectivity index (χ4n) is 3.25. The highest BCUT2D eigenvalue weighted by atomic mass is 16.6. The fourth-order valence-corrected chi connectivity index (χ4v) is 3.25. The van der Waals surface area contributed by atoms with Gasteiger partial charge in [0.05, 0.1) is 5.56 Å². The summed E-state index contributed by atoms with van der Waals surface area (Å²) in [7, 11) is 0. The second-order valence-electron chi connectivity index (χ2n) is 7.09. The van der Waals surface area contributed by atoms with Crippen molar-refractivity contribution in [3.05, 3.63) is 83.4 Å². The predicted molar refractivity (Wildman–Crippen MR) is 120 cm³/mol. The number of hydrogen-bond donors (Lipinski definition) is 3. The van der Waals surface area contributed by atoms with Gasteiger partial charge < -0.3 is 25.3 Å². The van der Waals surface area contributed by atoms with Crippen LogP contribution in [0.1, 0.15) is 21.5 Å². The molecule has 1 aliphatic heterocycles. The van der Waals surface area contributed by atoms with E-state index >= 15 is 0 Å². The molecule has 164 valence electrons. The van der Waals surface area contributed by atoms with E-state index in [1.165, 1.54) is 6.07 Å². The number of fused-ring (bicyclic) bond motifs is 1. The number of rotatable bonds is 6. The summed E-state index contributed by atoms with van der Waals surface area (Å²) in [5.74, 6) is 0.298. The highest BCUT2D eigenvalue weighted by Crippen LogP contribution is 2.37.